The van der Waals surface area contributed by atoms with E-state index in [0.29, 0.717) is 17.5 Å². The van der Waals surface area contributed by atoms with Gasteiger partial charge in [0.2, 0.25) is 0 Å². The molecule has 4 saturated carbocycles. The molecule has 2 unspecified atom stereocenters. The van der Waals surface area contributed by atoms with Gasteiger partial charge < -0.3 is 10.1 Å². The van der Waals surface area contributed by atoms with Gasteiger partial charge in [-0.05, 0) is 60.4 Å². The van der Waals surface area contributed by atoms with Crippen LogP contribution >= 0.6 is 15.9 Å². The highest BCUT2D eigenvalue weighted by Gasteiger charge is 2.60. The van der Waals surface area contributed by atoms with Gasteiger partial charge in [0.25, 0.3) is 0 Å². The molecule has 0 spiro atoms. The lowest BCUT2D eigenvalue weighted by atomic mass is 9.48. The van der Waals surface area contributed by atoms with Crippen molar-refractivity contribution in [2.75, 3.05) is 0 Å². The first-order chi connectivity index (χ1) is 9.00. The van der Waals surface area contributed by atoms with Gasteiger partial charge in [0.05, 0.1) is 0 Å². The minimum Gasteiger partial charge on any atom is -0.358 e. The van der Waals surface area contributed by atoms with E-state index in [2.05, 4.69) is 30.9 Å². The summed E-state index contributed by atoms with van der Waals surface area (Å²) in [7, 11) is 0. The van der Waals surface area contributed by atoms with Gasteiger partial charge in [-0.15, -0.1) is 4.63 Å². The molecule has 0 aromatic carbocycles. The second-order valence-electron chi connectivity index (χ2n) is 6.59. The predicted molar refractivity (Wildman–Crippen MR) is 69.0 cm³/mol. The van der Waals surface area contributed by atoms with Crippen molar-refractivity contribution in [2.45, 2.75) is 48.3 Å². The van der Waals surface area contributed by atoms with Crippen LogP contribution in [0.25, 0.3) is 0 Å². The van der Waals surface area contributed by atoms with Crippen LogP contribution in [0.1, 0.15) is 44.2 Å². The third-order valence-corrected chi connectivity index (χ3v) is 6.06. The highest BCUT2D eigenvalue weighted by atomic mass is 79.9. The van der Waals surface area contributed by atoms with Crippen LogP contribution in [0.5, 0.6) is 0 Å². The van der Waals surface area contributed by atoms with Crippen molar-refractivity contribution in [2.24, 2.45) is 11.8 Å². The van der Waals surface area contributed by atoms with Gasteiger partial charge in [-0.2, -0.15) is 0 Å². The zero-order valence-corrected chi connectivity index (χ0v) is 11.9. The van der Waals surface area contributed by atoms with Crippen LogP contribution in [0, 0.1) is 22.0 Å². The van der Waals surface area contributed by atoms with Gasteiger partial charge in [-0.3, -0.25) is 0 Å². The van der Waals surface area contributed by atoms with Crippen molar-refractivity contribution >= 4 is 21.7 Å². The summed E-state index contributed by atoms with van der Waals surface area (Å²) in [4.78, 5) is 10.6. The standard InChI is InChI=1S/C12H14BrN3O3/c13-12-4-7-1-8(5-12)3-11(2-7,6-12)9-10(16(17)18)15-19-14-9/h7-8H,1-6H2. The summed E-state index contributed by atoms with van der Waals surface area (Å²) in [5, 5.41) is 18.5. The Labute approximate surface area is 118 Å². The third kappa shape index (κ3) is 1.60. The van der Waals surface area contributed by atoms with Gasteiger partial charge in [0.15, 0.2) is 10.9 Å². The molecular formula is C12H14BrN3O3. The second kappa shape index (κ2) is 3.56. The van der Waals surface area contributed by atoms with E-state index in [1.54, 1.807) is 0 Å². The quantitative estimate of drug-likeness (QED) is 0.473. The van der Waals surface area contributed by atoms with E-state index in [-0.39, 0.29) is 15.6 Å². The molecule has 1 aromatic rings. The van der Waals surface area contributed by atoms with Gasteiger partial charge in [-0.25, -0.2) is 0 Å². The number of nitrogens with zero attached hydrogens (tertiary/aromatic N) is 3. The van der Waals surface area contributed by atoms with E-state index in [4.69, 9.17) is 0 Å². The van der Waals surface area contributed by atoms with E-state index in [9.17, 15) is 10.1 Å². The van der Waals surface area contributed by atoms with Crippen LogP contribution in [0.15, 0.2) is 4.63 Å². The normalized spacial score (nSPS) is 43.6. The Balaban J connectivity index is 1.81. The smallest absolute Gasteiger partial charge is 0.358 e. The fourth-order valence-electron chi connectivity index (χ4n) is 5.07. The number of hydrogen-bond donors (Lipinski definition) is 0. The van der Waals surface area contributed by atoms with E-state index in [0.717, 1.165) is 19.3 Å². The van der Waals surface area contributed by atoms with Crippen LogP contribution in [0.2, 0.25) is 0 Å². The molecule has 5 rings (SSSR count). The van der Waals surface area contributed by atoms with Crippen LogP contribution in [-0.2, 0) is 5.41 Å². The Bertz CT molecular complexity index is 544. The van der Waals surface area contributed by atoms with Crippen LogP contribution in [-0.4, -0.2) is 19.6 Å². The first kappa shape index (κ1) is 11.8. The van der Waals surface area contributed by atoms with Gasteiger partial charge in [0, 0.05) is 9.74 Å². The second-order valence-corrected chi connectivity index (χ2v) is 8.27. The Morgan fingerprint density at radius 3 is 2.53 bits per heavy atom. The van der Waals surface area contributed by atoms with E-state index in [1.165, 1.54) is 19.3 Å². The van der Waals surface area contributed by atoms with E-state index < -0.39 is 4.92 Å². The molecule has 0 amide bonds. The number of alkyl halides is 1. The molecule has 102 valence electrons. The lowest BCUT2D eigenvalue weighted by Crippen LogP contribution is -2.55. The summed E-state index contributed by atoms with van der Waals surface area (Å²) in [5.41, 5.74) is 0.283. The van der Waals surface area contributed by atoms with Crippen molar-refractivity contribution in [1.82, 2.24) is 10.3 Å². The Kier molecular flexibility index (Phi) is 2.21. The number of nitro groups is 1. The maximum atomic E-state index is 11.1. The maximum Gasteiger partial charge on any atom is 0.438 e. The molecule has 0 saturated heterocycles. The van der Waals surface area contributed by atoms with Crippen LogP contribution in [0.3, 0.4) is 0 Å². The number of hydrogen-bond acceptors (Lipinski definition) is 5. The zero-order chi connectivity index (χ0) is 13.3. The lowest BCUT2D eigenvalue weighted by molar-refractivity contribution is -0.392. The SMILES string of the molecule is O=[N+]([O-])c1nonc1C12CC3CC(CC(Br)(C3)C1)C2. The third-order valence-electron chi connectivity index (χ3n) is 5.14. The first-order valence-corrected chi connectivity index (χ1v) is 7.45. The number of aromatic nitrogens is 2. The predicted octanol–water partition coefficient (Wildman–Crippen LogP) is 2.96. The molecule has 6 nitrogen and oxygen atoms in total. The molecule has 0 aliphatic heterocycles. The summed E-state index contributed by atoms with van der Waals surface area (Å²) in [6, 6.07) is 0. The maximum absolute atomic E-state index is 11.1. The molecule has 1 aromatic heterocycles. The van der Waals surface area contributed by atoms with E-state index in [1.807, 2.05) is 0 Å². The Morgan fingerprint density at radius 1 is 1.26 bits per heavy atom. The highest BCUT2D eigenvalue weighted by Crippen LogP contribution is 2.65. The fraction of sp³-hybridized carbons (Fsp3) is 0.833. The Morgan fingerprint density at radius 2 is 1.95 bits per heavy atom. The fourth-order valence-corrected chi connectivity index (χ4v) is 6.52. The molecule has 4 bridgehead atoms. The molecule has 0 radical (unpaired) electrons. The van der Waals surface area contributed by atoms with Gasteiger partial charge in [-0.1, -0.05) is 15.9 Å². The van der Waals surface area contributed by atoms with Crippen molar-refractivity contribution in [1.29, 1.82) is 0 Å². The van der Waals surface area contributed by atoms with Crippen LogP contribution in [0.4, 0.5) is 5.82 Å². The molecule has 2 atom stereocenters. The number of rotatable bonds is 2. The molecule has 19 heavy (non-hydrogen) atoms. The van der Waals surface area contributed by atoms with E-state index >= 15 is 0 Å². The lowest BCUT2D eigenvalue weighted by Gasteiger charge is -2.59. The molecule has 4 aliphatic rings. The molecule has 4 aliphatic carbocycles. The average Bonchev–Trinajstić information content (AvgIpc) is 2.74. The minimum absolute atomic E-state index is 0.143. The van der Waals surface area contributed by atoms with Crippen molar-refractivity contribution in [3.8, 4) is 0 Å². The number of halogens is 1. The van der Waals surface area contributed by atoms with Crippen molar-refractivity contribution in [3.63, 3.8) is 0 Å². The molecule has 1 heterocycles. The molecule has 0 N–H and O–H groups in total. The first-order valence-electron chi connectivity index (χ1n) is 6.66. The summed E-state index contributed by atoms with van der Waals surface area (Å²) in [6.45, 7) is 0. The van der Waals surface area contributed by atoms with Gasteiger partial charge >= 0.3 is 5.82 Å². The zero-order valence-electron chi connectivity index (χ0n) is 10.3. The highest BCUT2D eigenvalue weighted by molar-refractivity contribution is 9.10. The Hall–Kier alpha value is -0.980. The summed E-state index contributed by atoms with van der Waals surface area (Å²) < 4.78 is 4.82. The topological polar surface area (TPSA) is 82.1 Å². The minimum atomic E-state index is -0.467. The van der Waals surface area contributed by atoms with Crippen molar-refractivity contribution in [3.05, 3.63) is 15.8 Å². The van der Waals surface area contributed by atoms with Crippen molar-refractivity contribution < 1.29 is 9.55 Å². The molecule has 7 heteroatoms. The summed E-state index contributed by atoms with van der Waals surface area (Å²) in [5.74, 6) is 1.12. The molecular weight excluding hydrogens is 314 g/mol. The summed E-state index contributed by atoms with van der Waals surface area (Å²) >= 11 is 3.89. The van der Waals surface area contributed by atoms with Gasteiger partial charge in [0.1, 0.15) is 0 Å². The summed E-state index contributed by atoms with van der Waals surface area (Å²) in [6.07, 6.45) is 6.53. The largest absolute Gasteiger partial charge is 0.438 e. The average molecular weight is 328 g/mol. The van der Waals surface area contributed by atoms with Crippen LogP contribution < -0.4 is 0 Å². The monoisotopic (exact) mass is 327 g/mol. The molecule has 4 fully saturated rings.